The number of aliphatic carboxylic acids is 1. The molecule has 0 bridgehead atoms. The Balaban J connectivity index is 0.00000243. The molecule has 3 aliphatic rings. The summed E-state index contributed by atoms with van der Waals surface area (Å²) in [4.78, 5) is 11.3. The van der Waals surface area contributed by atoms with Gasteiger partial charge in [0.15, 0.2) is 6.29 Å². The molecule has 1 aliphatic carbocycles. The molecule has 4 N–H and O–H groups in total. The van der Waals surface area contributed by atoms with Crippen LogP contribution in [0, 0.1) is 17.8 Å². The van der Waals surface area contributed by atoms with E-state index >= 15 is 0 Å². The van der Waals surface area contributed by atoms with E-state index in [2.05, 4.69) is 0 Å². The summed E-state index contributed by atoms with van der Waals surface area (Å²) in [5, 5.41) is 50.2. The zero-order chi connectivity index (χ0) is 18.3. The van der Waals surface area contributed by atoms with Crippen LogP contribution in [-0.2, 0) is 19.0 Å². The number of hydrogen-bond donors (Lipinski definition) is 4. The standard InChI is InChI=1S/C16H24O9.K/c1-6-2-3-7-8(14(21)22)5-23-15(10(6)7)25-16-13(20)12(19)11(18)9(4-17)24-16;/h5-7,9-13,15-20H,2-4H2,1H3,(H,21,22);/q;+1/p-1/t6-,7-,9+,10-,11+,12-,13+,15+,16-;/m0./s1. The maximum absolute atomic E-state index is 11.3. The molecule has 26 heavy (non-hydrogen) atoms. The second-order valence-corrected chi connectivity index (χ2v) is 6.94. The van der Waals surface area contributed by atoms with Gasteiger partial charge in [0.2, 0.25) is 6.29 Å². The SMILES string of the molecule is C[C@H]1CC[C@H]2C(C(=O)[O-])=CO[C@H](O[C@@H]3O[C@H](CO)[C@@H](O)[C@H](O)[C@H]3O)[C@@H]12.[K+]. The summed E-state index contributed by atoms with van der Waals surface area (Å²) in [6.45, 7) is 1.39. The number of aliphatic hydroxyl groups excluding tert-OH is 4. The maximum atomic E-state index is 11.3. The summed E-state index contributed by atoms with van der Waals surface area (Å²) < 4.78 is 16.4. The fourth-order valence-electron chi connectivity index (χ4n) is 4.00. The number of carbonyl (C=O) groups is 1. The molecule has 0 aromatic heterocycles. The van der Waals surface area contributed by atoms with Gasteiger partial charge in [0, 0.05) is 11.5 Å². The first-order valence-electron chi connectivity index (χ1n) is 8.38. The Bertz CT molecular complexity index is 540. The van der Waals surface area contributed by atoms with Gasteiger partial charge in [-0.3, -0.25) is 0 Å². The summed E-state index contributed by atoms with van der Waals surface area (Å²) >= 11 is 0. The van der Waals surface area contributed by atoms with Crippen LogP contribution in [0.4, 0.5) is 0 Å². The minimum absolute atomic E-state index is 0. The Kier molecular flexibility index (Phi) is 8.09. The van der Waals surface area contributed by atoms with E-state index in [1.165, 1.54) is 0 Å². The van der Waals surface area contributed by atoms with Crippen molar-refractivity contribution in [1.82, 2.24) is 0 Å². The average molecular weight is 398 g/mol. The van der Waals surface area contributed by atoms with Crippen LogP contribution >= 0.6 is 0 Å². The topological polar surface area (TPSA) is 149 Å². The van der Waals surface area contributed by atoms with Crippen molar-refractivity contribution in [2.24, 2.45) is 17.8 Å². The average Bonchev–Trinajstić information content (AvgIpc) is 2.97. The van der Waals surface area contributed by atoms with E-state index in [4.69, 9.17) is 14.2 Å². The van der Waals surface area contributed by atoms with E-state index in [0.717, 1.165) is 12.7 Å². The van der Waals surface area contributed by atoms with E-state index in [-0.39, 0.29) is 74.7 Å². The fraction of sp³-hybridized carbons (Fsp3) is 0.812. The molecule has 142 valence electrons. The molecule has 10 heteroatoms. The van der Waals surface area contributed by atoms with Crippen molar-refractivity contribution >= 4 is 5.97 Å². The number of carboxylic acids is 1. The predicted octanol–water partition coefficient (Wildman–Crippen LogP) is -5.54. The van der Waals surface area contributed by atoms with Gasteiger partial charge in [-0.25, -0.2) is 0 Å². The molecule has 1 saturated heterocycles. The second-order valence-electron chi connectivity index (χ2n) is 6.94. The van der Waals surface area contributed by atoms with Gasteiger partial charge in [-0.15, -0.1) is 0 Å². The molecule has 0 unspecified atom stereocenters. The minimum Gasteiger partial charge on any atom is -0.545 e. The molecule has 0 aromatic rings. The van der Waals surface area contributed by atoms with Crippen LogP contribution in [0.2, 0.25) is 0 Å². The normalized spacial score (nSPS) is 45.1. The van der Waals surface area contributed by atoms with E-state index in [1.54, 1.807) is 0 Å². The Labute approximate surface area is 193 Å². The van der Waals surface area contributed by atoms with Crippen molar-refractivity contribution in [3.8, 4) is 0 Å². The van der Waals surface area contributed by atoms with Crippen molar-refractivity contribution in [3.05, 3.63) is 11.8 Å². The van der Waals surface area contributed by atoms with Gasteiger partial charge in [0.05, 0.1) is 18.8 Å². The van der Waals surface area contributed by atoms with Gasteiger partial charge in [0.1, 0.15) is 24.4 Å². The van der Waals surface area contributed by atoms with Gasteiger partial charge < -0.3 is 44.5 Å². The van der Waals surface area contributed by atoms with Crippen molar-refractivity contribution < 1.29 is 95.9 Å². The monoisotopic (exact) mass is 398 g/mol. The van der Waals surface area contributed by atoms with E-state index in [0.29, 0.717) is 6.42 Å². The van der Waals surface area contributed by atoms with Gasteiger partial charge in [0.25, 0.3) is 0 Å². The summed E-state index contributed by atoms with van der Waals surface area (Å²) in [6.07, 6.45) is -5.31. The molecule has 2 heterocycles. The Morgan fingerprint density at radius 3 is 2.54 bits per heavy atom. The summed E-state index contributed by atoms with van der Waals surface area (Å²) in [6, 6.07) is 0. The van der Waals surface area contributed by atoms with Crippen LogP contribution in [0.15, 0.2) is 11.8 Å². The van der Waals surface area contributed by atoms with Crippen LogP contribution in [0.5, 0.6) is 0 Å². The number of fused-ring (bicyclic) bond motifs is 1. The Hall–Kier alpha value is 0.406. The summed E-state index contributed by atoms with van der Waals surface area (Å²) in [7, 11) is 0. The molecule has 0 aromatic carbocycles. The van der Waals surface area contributed by atoms with Crippen molar-refractivity contribution in [2.45, 2.75) is 56.8 Å². The zero-order valence-electron chi connectivity index (χ0n) is 14.7. The second kappa shape index (κ2) is 9.27. The van der Waals surface area contributed by atoms with Crippen LogP contribution in [0.1, 0.15) is 19.8 Å². The predicted molar refractivity (Wildman–Crippen MR) is 78.2 cm³/mol. The van der Waals surface area contributed by atoms with Crippen molar-refractivity contribution in [2.75, 3.05) is 6.61 Å². The molecular formula is C16H23KO9. The maximum Gasteiger partial charge on any atom is 1.00 e. The van der Waals surface area contributed by atoms with Gasteiger partial charge >= 0.3 is 51.4 Å². The van der Waals surface area contributed by atoms with Gasteiger partial charge in [-0.2, -0.15) is 0 Å². The third-order valence-corrected chi connectivity index (χ3v) is 5.45. The molecule has 9 atom stereocenters. The first-order valence-corrected chi connectivity index (χ1v) is 8.38. The smallest absolute Gasteiger partial charge is 0.545 e. The quantitative estimate of drug-likeness (QED) is 0.340. The molecule has 0 spiro atoms. The number of aliphatic hydroxyl groups is 4. The first-order chi connectivity index (χ1) is 11.8. The van der Waals surface area contributed by atoms with Crippen molar-refractivity contribution in [1.29, 1.82) is 0 Å². The number of hydrogen-bond acceptors (Lipinski definition) is 9. The largest absolute Gasteiger partial charge is 1.00 e. The molecule has 0 radical (unpaired) electrons. The first kappa shape index (κ1) is 22.7. The van der Waals surface area contributed by atoms with Crippen LogP contribution in [0.25, 0.3) is 0 Å². The molecule has 9 nitrogen and oxygen atoms in total. The van der Waals surface area contributed by atoms with Gasteiger partial charge in [-0.1, -0.05) is 6.92 Å². The molecular weight excluding hydrogens is 375 g/mol. The van der Waals surface area contributed by atoms with Crippen molar-refractivity contribution in [3.63, 3.8) is 0 Å². The van der Waals surface area contributed by atoms with E-state index < -0.39 is 49.6 Å². The number of rotatable bonds is 4. The van der Waals surface area contributed by atoms with Crippen LogP contribution in [0.3, 0.4) is 0 Å². The Morgan fingerprint density at radius 2 is 1.92 bits per heavy atom. The Morgan fingerprint density at radius 1 is 1.23 bits per heavy atom. The molecule has 3 rings (SSSR count). The number of ether oxygens (including phenoxy) is 3. The van der Waals surface area contributed by atoms with E-state index in [1.807, 2.05) is 6.92 Å². The zero-order valence-corrected chi connectivity index (χ0v) is 17.8. The van der Waals surface area contributed by atoms with E-state index in [9.17, 15) is 30.3 Å². The molecule has 0 amide bonds. The molecule has 2 fully saturated rings. The van der Waals surface area contributed by atoms with Crippen LogP contribution < -0.4 is 56.5 Å². The minimum atomic E-state index is -1.55. The fourth-order valence-corrected chi connectivity index (χ4v) is 4.00. The third kappa shape index (κ3) is 4.20. The third-order valence-electron chi connectivity index (χ3n) is 5.45. The summed E-state index contributed by atoms with van der Waals surface area (Å²) in [5.74, 6) is -1.73. The number of carboxylic acid groups (broad SMARTS) is 1. The van der Waals surface area contributed by atoms with Crippen LogP contribution in [-0.4, -0.2) is 70.0 Å². The number of carbonyl (C=O) groups excluding carboxylic acids is 1. The van der Waals surface area contributed by atoms with Gasteiger partial charge in [-0.05, 0) is 24.7 Å². The molecule has 2 aliphatic heterocycles. The molecule has 1 saturated carbocycles. The summed E-state index contributed by atoms with van der Waals surface area (Å²) in [5.41, 5.74) is 0.0861.